The summed E-state index contributed by atoms with van der Waals surface area (Å²) in [5.41, 5.74) is 6.41. The number of carbonyl (C=O) groups excluding carboxylic acids is 1. The maximum Gasteiger partial charge on any atom is 0.434 e. The van der Waals surface area contributed by atoms with Crippen molar-refractivity contribution >= 4 is 23.1 Å². The SMILES string of the molecule is Nc1ncnc2c1ncn2[C@@H]1O[C@H](COC(=O)N(O)C2CC2)[C@@H](O)[C@H]1O. The van der Waals surface area contributed by atoms with Crippen LogP contribution in [0, 0.1) is 0 Å². The van der Waals surface area contributed by atoms with E-state index in [1.165, 1.54) is 17.2 Å². The van der Waals surface area contributed by atoms with Crippen molar-refractivity contribution < 1.29 is 29.7 Å². The van der Waals surface area contributed by atoms with E-state index in [1.54, 1.807) is 0 Å². The van der Waals surface area contributed by atoms with Crippen LogP contribution in [-0.4, -0.2) is 77.1 Å². The van der Waals surface area contributed by atoms with Crippen molar-refractivity contribution in [3.63, 3.8) is 0 Å². The van der Waals surface area contributed by atoms with E-state index in [0.29, 0.717) is 29.1 Å². The van der Waals surface area contributed by atoms with Crippen LogP contribution in [0.5, 0.6) is 0 Å². The summed E-state index contributed by atoms with van der Waals surface area (Å²) in [6, 6.07) is -0.224. The van der Waals surface area contributed by atoms with Crippen molar-refractivity contribution in [2.24, 2.45) is 0 Å². The van der Waals surface area contributed by atoms with Gasteiger partial charge in [-0.1, -0.05) is 0 Å². The van der Waals surface area contributed by atoms with Gasteiger partial charge in [0.2, 0.25) is 0 Å². The highest BCUT2D eigenvalue weighted by atomic mass is 16.6. The zero-order valence-electron chi connectivity index (χ0n) is 13.5. The van der Waals surface area contributed by atoms with E-state index in [1.807, 2.05) is 0 Å². The minimum Gasteiger partial charge on any atom is -0.445 e. The first-order chi connectivity index (χ1) is 12.5. The van der Waals surface area contributed by atoms with E-state index >= 15 is 0 Å². The molecule has 0 radical (unpaired) electrons. The minimum absolute atomic E-state index is 0.176. The molecule has 1 aliphatic heterocycles. The first-order valence-electron chi connectivity index (χ1n) is 8.07. The lowest BCUT2D eigenvalue weighted by Gasteiger charge is -2.18. The van der Waals surface area contributed by atoms with Crippen molar-refractivity contribution in [3.8, 4) is 0 Å². The summed E-state index contributed by atoms with van der Waals surface area (Å²) < 4.78 is 12.0. The number of fused-ring (bicyclic) bond motifs is 1. The number of aliphatic hydroxyl groups is 2. The summed E-state index contributed by atoms with van der Waals surface area (Å²) in [5.74, 6) is 0.176. The molecular weight excluding hydrogens is 348 g/mol. The number of hydroxylamine groups is 2. The maximum atomic E-state index is 11.7. The monoisotopic (exact) mass is 366 g/mol. The quantitative estimate of drug-likeness (QED) is 0.389. The summed E-state index contributed by atoms with van der Waals surface area (Å²) in [5, 5.41) is 30.6. The minimum atomic E-state index is -1.31. The Kier molecular flexibility index (Phi) is 4.11. The number of carbonyl (C=O) groups is 1. The smallest absolute Gasteiger partial charge is 0.434 e. The summed E-state index contributed by atoms with van der Waals surface area (Å²) in [4.78, 5) is 23.7. The average Bonchev–Trinajstić information content (AvgIpc) is 3.33. The van der Waals surface area contributed by atoms with Crippen molar-refractivity contribution in [2.45, 2.75) is 43.4 Å². The normalized spacial score (nSPS) is 28.4. The van der Waals surface area contributed by atoms with Crippen LogP contribution in [0.3, 0.4) is 0 Å². The van der Waals surface area contributed by atoms with E-state index in [0.717, 1.165) is 0 Å². The fraction of sp³-hybridized carbons (Fsp3) is 0.571. The Balaban J connectivity index is 1.47. The molecule has 12 nitrogen and oxygen atoms in total. The van der Waals surface area contributed by atoms with Gasteiger partial charge < -0.3 is 25.4 Å². The number of nitrogen functional groups attached to an aromatic ring is 1. The highest BCUT2D eigenvalue weighted by Gasteiger charge is 2.45. The van der Waals surface area contributed by atoms with Crippen molar-refractivity contribution in [1.82, 2.24) is 24.6 Å². The number of aromatic nitrogens is 4. The van der Waals surface area contributed by atoms with Crippen LogP contribution in [0.15, 0.2) is 12.7 Å². The zero-order chi connectivity index (χ0) is 18.4. The van der Waals surface area contributed by atoms with Gasteiger partial charge in [-0.3, -0.25) is 9.77 Å². The summed E-state index contributed by atoms with van der Waals surface area (Å²) in [6.45, 7) is -0.332. The lowest BCUT2D eigenvalue weighted by atomic mass is 10.1. The van der Waals surface area contributed by atoms with Gasteiger partial charge in [0.1, 0.15) is 36.8 Å². The molecule has 0 unspecified atom stereocenters. The van der Waals surface area contributed by atoms with Crippen molar-refractivity contribution in [3.05, 3.63) is 12.7 Å². The number of nitrogens with two attached hydrogens (primary N) is 1. The van der Waals surface area contributed by atoms with Crippen LogP contribution < -0.4 is 5.73 Å². The lowest BCUT2D eigenvalue weighted by Crippen LogP contribution is -2.37. The van der Waals surface area contributed by atoms with Crippen LogP contribution in [0.25, 0.3) is 11.2 Å². The number of amides is 1. The van der Waals surface area contributed by atoms with Crippen LogP contribution in [0.4, 0.5) is 10.6 Å². The highest BCUT2D eigenvalue weighted by molar-refractivity contribution is 5.81. The third-order valence-corrected chi connectivity index (χ3v) is 4.45. The number of aliphatic hydroxyl groups excluding tert-OH is 2. The van der Waals surface area contributed by atoms with Gasteiger partial charge in [-0.25, -0.2) is 19.7 Å². The predicted molar refractivity (Wildman–Crippen MR) is 83.7 cm³/mol. The van der Waals surface area contributed by atoms with Crippen LogP contribution in [0.2, 0.25) is 0 Å². The number of imidazole rings is 1. The lowest BCUT2D eigenvalue weighted by molar-refractivity contribution is -0.0990. The molecule has 2 aromatic rings. The molecule has 0 bridgehead atoms. The molecule has 4 atom stereocenters. The summed E-state index contributed by atoms with van der Waals surface area (Å²) in [7, 11) is 0. The van der Waals surface area contributed by atoms with Gasteiger partial charge in [0.05, 0.1) is 12.4 Å². The average molecular weight is 366 g/mol. The molecule has 26 heavy (non-hydrogen) atoms. The van der Waals surface area contributed by atoms with Crippen LogP contribution in [0.1, 0.15) is 19.1 Å². The molecule has 5 N–H and O–H groups in total. The van der Waals surface area contributed by atoms with Gasteiger partial charge in [-0.15, -0.1) is 0 Å². The summed E-state index contributed by atoms with van der Waals surface area (Å²) >= 11 is 0. The number of anilines is 1. The molecule has 0 aromatic carbocycles. The Bertz CT molecular complexity index is 825. The van der Waals surface area contributed by atoms with E-state index in [4.69, 9.17) is 15.2 Å². The largest absolute Gasteiger partial charge is 0.445 e. The molecule has 1 saturated carbocycles. The molecule has 12 heteroatoms. The second-order valence-corrected chi connectivity index (χ2v) is 6.28. The summed E-state index contributed by atoms with van der Waals surface area (Å²) in [6.07, 6.45) is -1.46. The number of ether oxygens (including phenoxy) is 2. The standard InChI is InChI=1S/C14H18N6O6/c15-11-8-12(17-4-16-11)19(5-18-8)13-10(22)9(21)7(26-13)3-25-14(23)20(24)6-1-2-6/h4-7,9-10,13,21-22,24H,1-3H2,(H2,15,16,17)/t7-,9-,10-,13-/m1/s1. The third kappa shape index (κ3) is 2.82. The zero-order valence-corrected chi connectivity index (χ0v) is 13.5. The van der Waals surface area contributed by atoms with Gasteiger partial charge >= 0.3 is 6.09 Å². The molecular formula is C14H18N6O6. The van der Waals surface area contributed by atoms with Gasteiger partial charge in [-0.05, 0) is 12.8 Å². The Labute approximate surface area is 146 Å². The molecule has 1 aliphatic carbocycles. The molecule has 0 spiro atoms. The van der Waals surface area contributed by atoms with E-state index in [9.17, 15) is 20.2 Å². The van der Waals surface area contributed by atoms with Crippen LogP contribution >= 0.6 is 0 Å². The fourth-order valence-corrected chi connectivity index (χ4v) is 2.84. The number of hydrogen-bond donors (Lipinski definition) is 4. The van der Waals surface area contributed by atoms with Gasteiger partial charge in [-0.2, -0.15) is 5.06 Å². The van der Waals surface area contributed by atoms with Crippen molar-refractivity contribution in [2.75, 3.05) is 12.3 Å². The molecule has 2 aliphatic rings. The number of nitrogens with zero attached hydrogens (tertiary/aromatic N) is 5. The molecule has 1 amide bonds. The molecule has 2 fully saturated rings. The number of hydrogen-bond acceptors (Lipinski definition) is 10. The second-order valence-electron chi connectivity index (χ2n) is 6.28. The first kappa shape index (κ1) is 16.9. The Morgan fingerprint density at radius 1 is 1.35 bits per heavy atom. The van der Waals surface area contributed by atoms with E-state index in [-0.39, 0.29) is 18.5 Å². The van der Waals surface area contributed by atoms with E-state index in [2.05, 4.69) is 15.0 Å². The predicted octanol–water partition coefficient (Wildman–Crippen LogP) is -0.982. The molecule has 2 aromatic heterocycles. The molecule has 1 saturated heterocycles. The van der Waals surface area contributed by atoms with Gasteiger partial charge in [0, 0.05) is 0 Å². The number of rotatable bonds is 4. The second kappa shape index (κ2) is 6.32. The van der Waals surface area contributed by atoms with E-state index < -0.39 is 30.6 Å². The van der Waals surface area contributed by atoms with Crippen LogP contribution in [-0.2, 0) is 9.47 Å². The molecule has 140 valence electrons. The van der Waals surface area contributed by atoms with Crippen molar-refractivity contribution in [1.29, 1.82) is 0 Å². The molecule has 4 rings (SSSR count). The molecule has 3 heterocycles. The maximum absolute atomic E-state index is 11.7. The van der Waals surface area contributed by atoms with Gasteiger partial charge in [0.25, 0.3) is 0 Å². The first-order valence-corrected chi connectivity index (χ1v) is 8.07. The third-order valence-electron chi connectivity index (χ3n) is 4.45. The topological polar surface area (TPSA) is 169 Å². The highest BCUT2D eigenvalue weighted by Crippen LogP contribution is 2.32. The Morgan fingerprint density at radius 2 is 2.12 bits per heavy atom. The fourth-order valence-electron chi connectivity index (χ4n) is 2.84. The van der Waals surface area contributed by atoms with Gasteiger partial charge in [0.15, 0.2) is 17.7 Å². The Morgan fingerprint density at radius 3 is 2.85 bits per heavy atom. The Hall–Kier alpha value is -2.54.